The Hall–Kier alpha value is -3.02. The average Bonchev–Trinajstić information content (AvgIpc) is 3.14. The van der Waals surface area contributed by atoms with Crippen molar-refractivity contribution in [3.05, 3.63) is 17.7 Å². The molecule has 29 heavy (non-hydrogen) atoms. The minimum atomic E-state index is -1.35. The molecule has 0 aromatic carbocycles. The van der Waals surface area contributed by atoms with Crippen LogP contribution in [-0.2, 0) is 38.1 Å². The summed E-state index contributed by atoms with van der Waals surface area (Å²) in [7, 11) is 0. The molecule has 12 heteroatoms. The summed E-state index contributed by atoms with van der Waals surface area (Å²) in [4.78, 5) is 46.5. The van der Waals surface area contributed by atoms with E-state index in [2.05, 4.69) is 5.10 Å². The summed E-state index contributed by atoms with van der Waals surface area (Å²) in [5.74, 6) is -4.10. The number of halogens is 1. The third-order valence-electron chi connectivity index (χ3n) is 3.80. The van der Waals surface area contributed by atoms with E-state index >= 15 is 0 Å². The Labute approximate surface area is 165 Å². The summed E-state index contributed by atoms with van der Waals surface area (Å²) in [5.41, 5.74) is -0.566. The standard InChI is InChI=1S/C17H21FN2O9/c1-5-25-17(24)13-11(18)6-19-20(13)16-15(28-10(4)23)14(27-9(3)22)12(29-16)7-26-8(2)21/h6,12,14-16H,5,7H2,1-4H3/t12-,14-,15-,16-/m1/s1. The summed E-state index contributed by atoms with van der Waals surface area (Å²) in [6.07, 6.45) is -4.17. The van der Waals surface area contributed by atoms with Gasteiger partial charge in [0.1, 0.15) is 12.7 Å². The second-order valence-electron chi connectivity index (χ2n) is 6.02. The normalized spacial score (nSPS) is 23.3. The molecule has 1 aliphatic rings. The highest BCUT2D eigenvalue weighted by Gasteiger charge is 2.52. The molecule has 0 bridgehead atoms. The van der Waals surface area contributed by atoms with Gasteiger partial charge in [0.2, 0.25) is 0 Å². The molecule has 0 N–H and O–H groups in total. The Morgan fingerprint density at radius 2 is 1.69 bits per heavy atom. The fourth-order valence-corrected chi connectivity index (χ4v) is 2.81. The van der Waals surface area contributed by atoms with E-state index in [-0.39, 0.29) is 13.2 Å². The highest BCUT2D eigenvalue weighted by Crippen LogP contribution is 2.35. The maximum Gasteiger partial charge on any atom is 0.359 e. The number of aromatic nitrogens is 2. The van der Waals surface area contributed by atoms with Crippen LogP contribution in [0.25, 0.3) is 0 Å². The van der Waals surface area contributed by atoms with Crippen LogP contribution in [0.15, 0.2) is 6.20 Å². The van der Waals surface area contributed by atoms with Crippen LogP contribution in [0.3, 0.4) is 0 Å². The largest absolute Gasteiger partial charge is 0.463 e. The molecule has 0 spiro atoms. The van der Waals surface area contributed by atoms with Gasteiger partial charge in [-0.2, -0.15) is 5.10 Å². The van der Waals surface area contributed by atoms with E-state index < -0.39 is 59.9 Å². The molecule has 1 saturated heterocycles. The average molecular weight is 416 g/mol. The van der Waals surface area contributed by atoms with Gasteiger partial charge in [-0.05, 0) is 6.92 Å². The summed E-state index contributed by atoms with van der Waals surface area (Å²) >= 11 is 0. The molecular formula is C17H21FN2O9. The molecule has 1 fully saturated rings. The third kappa shape index (κ3) is 5.28. The quantitative estimate of drug-likeness (QED) is 0.458. The van der Waals surface area contributed by atoms with E-state index in [0.717, 1.165) is 24.7 Å². The van der Waals surface area contributed by atoms with Crippen LogP contribution in [0.5, 0.6) is 0 Å². The van der Waals surface area contributed by atoms with Crippen LogP contribution in [0.2, 0.25) is 0 Å². The first-order valence-electron chi connectivity index (χ1n) is 8.69. The number of nitrogens with zero attached hydrogens (tertiary/aromatic N) is 2. The van der Waals surface area contributed by atoms with Crippen molar-refractivity contribution in [3.63, 3.8) is 0 Å². The van der Waals surface area contributed by atoms with E-state index in [1.54, 1.807) is 0 Å². The second kappa shape index (κ2) is 9.45. The van der Waals surface area contributed by atoms with Crippen LogP contribution in [0, 0.1) is 5.82 Å². The number of carbonyl (C=O) groups is 4. The van der Waals surface area contributed by atoms with Crippen molar-refractivity contribution in [1.82, 2.24) is 9.78 Å². The molecule has 0 radical (unpaired) electrons. The minimum absolute atomic E-state index is 0.0203. The van der Waals surface area contributed by atoms with Crippen LogP contribution < -0.4 is 0 Å². The lowest BCUT2D eigenvalue weighted by atomic mass is 10.1. The van der Waals surface area contributed by atoms with Gasteiger partial charge in [0.15, 0.2) is 29.9 Å². The van der Waals surface area contributed by atoms with Gasteiger partial charge in [-0.25, -0.2) is 13.9 Å². The molecule has 0 aliphatic carbocycles. The fraction of sp³-hybridized carbons (Fsp3) is 0.588. The van der Waals surface area contributed by atoms with Gasteiger partial charge >= 0.3 is 23.9 Å². The second-order valence-corrected chi connectivity index (χ2v) is 6.02. The van der Waals surface area contributed by atoms with Crippen LogP contribution >= 0.6 is 0 Å². The summed E-state index contributed by atoms with van der Waals surface area (Å²) in [5, 5.41) is 3.78. The Bertz CT molecular complexity index is 794. The predicted molar refractivity (Wildman–Crippen MR) is 89.8 cm³/mol. The zero-order valence-corrected chi connectivity index (χ0v) is 16.2. The number of esters is 4. The molecular weight excluding hydrogens is 395 g/mol. The smallest absolute Gasteiger partial charge is 0.359 e. The molecule has 11 nitrogen and oxygen atoms in total. The summed E-state index contributed by atoms with van der Waals surface area (Å²) in [6, 6.07) is 0. The molecule has 1 aromatic heterocycles. The van der Waals surface area contributed by atoms with E-state index in [1.165, 1.54) is 13.8 Å². The number of hydrogen-bond acceptors (Lipinski definition) is 10. The van der Waals surface area contributed by atoms with Crippen molar-refractivity contribution in [2.75, 3.05) is 13.2 Å². The summed E-state index contributed by atoms with van der Waals surface area (Å²) in [6.45, 7) is 4.57. The molecule has 0 amide bonds. The lowest BCUT2D eigenvalue weighted by Gasteiger charge is -2.23. The number of rotatable bonds is 7. The Kier molecular flexibility index (Phi) is 7.26. The molecule has 4 atom stereocenters. The molecule has 0 saturated carbocycles. The van der Waals surface area contributed by atoms with E-state index in [1.807, 2.05) is 0 Å². The molecule has 160 valence electrons. The lowest BCUT2D eigenvalue weighted by molar-refractivity contribution is -0.166. The van der Waals surface area contributed by atoms with Gasteiger partial charge in [0.25, 0.3) is 0 Å². The van der Waals surface area contributed by atoms with Crippen molar-refractivity contribution in [2.24, 2.45) is 0 Å². The van der Waals surface area contributed by atoms with Gasteiger partial charge in [-0.15, -0.1) is 0 Å². The molecule has 0 unspecified atom stereocenters. The molecule has 2 heterocycles. The Morgan fingerprint density at radius 1 is 1.07 bits per heavy atom. The van der Waals surface area contributed by atoms with Crippen molar-refractivity contribution in [1.29, 1.82) is 0 Å². The van der Waals surface area contributed by atoms with Crippen molar-refractivity contribution in [3.8, 4) is 0 Å². The predicted octanol–water partition coefficient (Wildman–Crippen LogP) is 0.523. The fourth-order valence-electron chi connectivity index (χ4n) is 2.81. The highest BCUT2D eigenvalue weighted by atomic mass is 19.1. The number of carbonyl (C=O) groups excluding carboxylic acids is 4. The monoisotopic (exact) mass is 416 g/mol. The molecule has 2 rings (SSSR count). The zero-order chi connectivity index (χ0) is 21.7. The van der Waals surface area contributed by atoms with Crippen LogP contribution in [-0.4, -0.2) is 65.2 Å². The summed E-state index contributed by atoms with van der Waals surface area (Å²) < 4.78 is 40.9. The van der Waals surface area contributed by atoms with Crippen LogP contribution in [0.1, 0.15) is 44.4 Å². The number of ether oxygens (including phenoxy) is 5. The van der Waals surface area contributed by atoms with E-state index in [0.29, 0.717) is 0 Å². The van der Waals surface area contributed by atoms with E-state index in [4.69, 9.17) is 23.7 Å². The van der Waals surface area contributed by atoms with E-state index in [9.17, 15) is 23.6 Å². The van der Waals surface area contributed by atoms with Gasteiger partial charge < -0.3 is 23.7 Å². The Balaban J connectivity index is 2.45. The first-order chi connectivity index (χ1) is 13.6. The van der Waals surface area contributed by atoms with Gasteiger partial charge in [0, 0.05) is 20.8 Å². The maximum atomic E-state index is 14.2. The molecule has 1 aliphatic heterocycles. The number of hydrogen-bond donors (Lipinski definition) is 0. The van der Waals surface area contributed by atoms with Crippen LogP contribution in [0.4, 0.5) is 4.39 Å². The van der Waals surface area contributed by atoms with Gasteiger partial charge in [-0.3, -0.25) is 14.4 Å². The highest BCUT2D eigenvalue weighted by molar-refractivity contribution is 5.87. The van der Waals surface area contributed by atoms with Gasteiger partial charge in [0.05, 0.1) is 12.8 Å². The van der Waals surface area contributed by atoms with Crippen molar-refractivity contribution in [2.45, 2.75) is 52.2 Å². The topological polar surface area (TPSA) is 132 Å². The maximum absolute atomic E-state index is 14.2. The minimum Gasteiger partial charge on any atom is -0.463 e. The first-order valence-corrected chi connectivity index (χ1v) is 8.69. The van der Waals surface area contributed by atoms with Crippen molar-refractivity contribution < 1.29 is 47.3 Å². The lowest BCUT2D eigenvalue weighted by Crippen LogP contribution is -2.41. The zero-order valence-electron chi connectivity index (χ0n) is 16.2. The van der Waals surface area contributed by atoms with Gasteiger partial charge in [-0.1, -0.05) is 0 Å². The third-order valence-corrected chi connectivity index (χ3v) is 3.80. The molecule has 1 aromatic rings. The Morgan fingerprint density at radius 3 is 2.24 bits per heavy atom. The van der Waals surface area contributed by atoms with Crippen molar-refractivity contribution >= 4 is 23.9 Å². The SMILES string of the molecule is CCOC(=O)c1c(F)cnn1[C@@H]1O[C@H](COC(C)=O)[C@@H](OC(C)=O)[C@H]1OC(C)=O. The first kappa shape index (κ1) is 22.3.